The van der Waals surface area contributed by atoms with Gasteiger partial charge in [0.1, 0.15) is 0 Å². The summed E-state index contributed by atoms with van der Waals surface area (Å²) in [5.74, 6) is 0. The zero-order chi connectivity index (χ0) is 12.8. The van der Waals surface area contributed by atoms with E-state index in [1.54, 1.807) is 0 Å². The van der Waals surface area contributed by atoms with E-state index < -0.39 is 0 Å². The zero-order valence-electron chi connectivity index (χ0n) is 11.5. The Morgan fingerprint density at radius 2 is 1.78 bits per heavy atom. The second kappa shape index (κ2) is 6.95. The number of urea groups is 1. The fourth-order valence-electron chi connectivity index (χ4n) is 2.65. The van der Waals surface area contributed by atoms with Crippen LogP contribution in [0.5, 0.6) is 0 Å². The molecular formula is C13H26N4O. The smallest absolute Gasteiger partial charge is 0.319 e. The zero-order valence-corrected chi connectivity index (χ0v) is 11.5. The van der Waals surface area contributed by atoms with Crippen LogP contribution >= 0.6 is 0 Å². The molecule has 0 aliphatic carbocycles. The van der Waals surface area contributed by atoms with Gasteiger partial charge in [0.25, 0.3) is 0 Å². The molecule has 0 atom stereocenters. The van der Waals surface area contributed by atoms with Crippen LogP contribution in [-0.2, 0) is 0 Å². The minimum absolute atomic E-state index is 0.213. The first-order valence-corrected chi connectivity index (χ1v) is 7.20. The van der Waals surface area contributed by atoms with E-state index in [0.717, 1.165) is 65.2 Å². The summed E-state index contributed by atoms with van der Waals surface area (Å²) in [6.45, 7) is 8.08. The van der Waals surface area contributed by atoms with Gasteiger partial charge in [0.05, 0.1) is 0 Å². The van der Waals surface area contributed by atoms with Crippen molar-refractivity contribution in [2.75, 3.05) is 59.4 Å². The van der Waals surface area contributed by atoms with Crippen molar-refractivity contribution in [3.05, 3.63) is 0 Å². The number of hydrogen-bond donors (Lipinski definition) is 1. The molecule has 1 N–H and O–H groups in total. The van der Waals surface area contributed by atoms with E-state index in [4.69, 9.17) is 0 Å². The molecule has 2 aliphatic rings. The lowest BCUT2D eigenvalue weighted by Gasteiger charge is -2.33. The van der Waals surface area contributed by atoms with Gasteiger partial charge in [0.2, 0.25) is 0 Å². The predicted molar refractivity (Wildman–Crippen MR) is 72.8 cm³/mol. The summed E-state index contributed by atoms with van der Waals surface area (Å²) in [7, 11) is 1.93. The van der Waals surface area contributed by atoms with Gasteiger partial charge in [-0.15, -0.1) is 0 Å². The fourth-order valence-corrected chi connectivity index (χ4v) is 2.65. The molecule has 0 saturated carbocycles. The van der Waals surface area contributed by atoms with Crippen molar-refractivity contribution in [2.24, 2.45) is 0 Å². The second-order valence-electron chi connectivity index (χ2n) is 5.34. The molecule has 0 radical (unpaired) electrons. The van der Waals surface area contributed by atoms with Crippen LogP contribution in [0.4, 0.5) is 4.79 Å². The third-order valence-corrected chi connectivity index (χ3v) is 3.91. The Hall–Kier alpha value is -0.810. The molecule has 0 aromatic carbocycles. The number of likely N-dealkylation sites (tertiary alicyclic amines) is 1. The fraction of sp³-hybridized carbons (Fsp3) is 0.923. The molecule has 18 heavy (non-hydrogen) atoms. The van der Waals surface area contributed by atoms with Gasteiger partial charge in [0.15, 0.2) is 0 Å². The molecule has 0 aromatic rings. The largest absolute Gasteiger partial charge is 0.326 e. The first-order valence-electron chi connectivity index (χ1n) is 7.20. The van der Waals surface area contributed by atoms with Gasteiger partial charge < -0.3 is 15.1 Å². The minimum Gasteiger partial charge on any atom is -0.326 e. The molecule has 2 amide bonds. The lowest BCUT2D eigenvalue weighted by molar-refractivity contribution is 0.143. The summed E-state index contributed by atoms with van der Waals surface area (Å²) in [4.78, 5) is 18.5. The number of amides is 2. The van der Waals surface area contributed by atoms with Crippen LogP contribution in [0.15, 0.2) is 0 Å². The Labute approximate surface area is 110 Å². The average Bonchev–Trinajstić information content (AvgIpc) is 2.46. The topological polar surface area (TPSA) is 38.8 Å². The van der Waals surface area contributed by atoms with E-state index in [0.29, 0.717) is 0 Å². The molecule has 0 unspecified atom stereocenters. The number of nitrogens with zero attached hydrogens (tertiary/aromatic N) is 3. The maximum absolute atomic E-state index is 12.2. The standard InChI is InChI=1S/C13H26N4O/c1-15(11-12-16-9-5-14-6-10-16)13(18)17-7-3-2-4-8-17/h14H,2-12H2,1H3. The number of nitrogens with one attached hydrogen (secondary N) is 1. The molecule has 2 heterocycles. The number of piperidine rings is 1. The molecule has 2 aliphatic heterocycles. The van der Waals surface area contributed by atoms with Gasteiger partial charge in [-0.1, -0.05) is 0 Å². The summed E-state index contributed by atoms with van der Waals surface area (Å²) in [6, 6.07) is 0.213. The highest BCUT2D eigenvalue weighted by Gasteiger charge is 2.20. The predicted octanol–water partition coefficient (Wildman–Crippen LogP) is 0.429. The summed E-state index contributed by atoms with van der Waals surface area (Å²) in [5.41, 5.74) is 0. The van der Waals surface area contributed by atoms with Gasteiger partial charge >= 0.3 is 6.03 Å². The van der Waals surface area contributed by atoms with Gasteiger partial charge in [-0.2, -0.15) is 0 Å². The SMILES string of the molecule is CN(CCN1CCNCC1)C(=O)N1CCCCC1. The molecule has 2 fully saturated rings. The molecule has 0 spiro atoms. The Morgan fingerprint density at radius 1 is 1.11 bits per heavy atom. The number of carbonyl (C=O) groups is 1. The lowest BCUT2D eigenvalue weighted by Crippen LogP contribution is -2.49. The van der Waals surface area contributed by atoms with E-state index in [1.165, 1.54) is 6.42 Å². The van der Waals surface area contributed by atoms with Crippen molar-refractivity contribution in [1.82, 2.24) is 20.0 Å². The number of piperazine rings is 1. The van der Waals surface area contributed by atoms with Crippen LogP contribution in [0.1, 0.15) is 19.3 Å². The Bertz CT molecular complexity index is 260. The molecule has 0 aromatic heterocycles. The first-order chi connectivity index (χ1) is 8.77. The first kappa shape index (κ1) is 13.6. The van der Waals surface area contributed by atoms with Gasteiger partial charge in [-0.3, -0.25) is 4.90 Å². The van der Waals surface area contributed by atoms with Crippen molar-refractivity contribution >= 4 is 6.03 Å². The van der Waals surface area contributed by atoms with Gasteiger partial charge in [-0.05, 0) is 19.3 Å². The highest BCUT2D eigenvalue weighted by atomic mass is 16.2. The van der Waals surface area contributed by atoms with E-state index in [2.05, 4.69) is 10.2 Å². The number of likely N-dealkylation sites (N-methyl/N-ethyl adjacent to an activating group) is 1. The minimum atomic E-state index is 0.213. The molecular weight excluding hydrogens is 228 g/mol. The Balaban J connectivity index is 1.69. The Kier molecular flexibility index (Phi) is 5.26. The number of hydrogen-bond acceptors (Lipinski definition) is 3. The highest BCUT2D eigenvalue weighted by molar-refractivity contribution is 5.74. The molecule has 104 valence electrons. The van der Waals surface area contributed by atoms with Crippen LogP contribution in [0, 0.1) is 0 Å². The normalized spacial score (nSPS) is 21.9. The highest BCUT2D eigenvalue weighted by Crippen LogP contribution is 2.10. The quantitative estimate of drug-likeness (QED) is 0.794. The molecule has 2 rings (SSSR count). The molecule has 0 bridgehead atoms. The van der Waals surface area contributed by atoms with Crippen LogP contribution in [0.2, 0.25) is 0 Å². The van der Waals surface area contributed by atoms with Gasteiger partial charge in [0, 0.05) is 59.4 Å². The number of rotatable bonds is 3. The maximum Gasteiger partial charge on any atom is 0.319 e. The summed E-state index contributed by atoms with van der Waals surface area (Å²) in [5, 5.41) is 3.35. The van der Waals surface area contributed by atoms with Crippen molar-refractivity contribution in [2.45, 2.75) is 19.3 Å². The second-order valence-corrected chi connectivity index (χ2v) is 5.34. The van der Waals surface area contributed by atoms with Crippen LogP contribution in [-0.4, -0.2) is 80.1 Å². The summed E-state index contributed by atoms with van der Waals surface area (Å²) < 4.78 is 0. The summed E-state index contributed by atoms with van der Waals surface area (Å²) in [6.07, 6.45) is 3.60. The van der Waals surface area contributed by atoms with Crippen LogP contribution in [0.25, 0.3) is 0 Å². The third kappa shape index (κ3) is 3.85. The monoisotopic (exact) mass is 254 g/mol. The van der Waals surface area contributed by atoms with Crippen molar-refractivity contribution in [1.29, 1.82) is 0 Å². The van der Waals surface area contributed by atoms with Crippen LogP contribution in [0.3, 0.4) is 0 Å². The molecule has 5 nitrogen and oxygen atoms in total. The van der Waals surface area contributed by atoms with E-state index in [-0.39, 0.29) is 6.03 Å². The van der Waals surface area contributed by atoms with E-state index in [1.807, 2.05) is 16.8 Å². The maximum atomic E-state index is 12.2. The van der Waals surface area contributed by atoms with Gasteiger partial charge in [-0.25, -0.2) is 4.79 Å². The van der Waals surface area contributed by atoms with E-state index >= 15 is 0 Å². The molecule has 2 saturated heterocycles. The number of carbonyl (C=O) groups excluding carboxylic acids is 1. The average molecular weight is 254 g/mol. The summed E-state index contributed by atoms with van der Waals surface area (Å²) >= 11 is 0. The lowest BCUT2D eigenvalue weighted by atomic mass is 10.1. The van der Waals surface area contributed by atoms with E-state index in [9.17, 15) is 4.79 Å². The Morgan fingerprint density at radius 3 is 2.44 bits per heavy atom. The van der Waals surface area contributed by atoms with Crippen molar-refractivity contribution < 1.29 is 4.79 Å². The third-order valence-electron chi connectivity index (χ3n) is 3.91. The van der Waals surface area contributed by atoms with Crippen LogP contribution < -0.4 is 5.32 Å². The van der Waals surface area contributed by atoms with Crippen molar-refractivity contribution in [3.8, 4) is 0 Å². The van der Waals surface area contributed by atoms with Crippen molar-refractivity contribution in [3.63, 3.8) is 0 Å². The molecule has 5 heteroatoms.